The predicted octanol–water partition coefficient (Wildman–Crippen LogP) is 1.73. The maximum atomic E-state index is 12.3. The van der Waals surface area contributed by atoms with Gasteiger partial charge in [-0.3, -0.25) is 9.78 Å². The highest BCUT2D eigenvalue weighted by molar-refractivity contribution is 5.90. The Bertz CT molecular complexity index is 355. The van der Waals surface area contributed by atoms with Crippen molar-refractivity contribution in [2.45, 2.75) is 38.1 Å². The highest BCUT2D eigenvalue weighted by Gasteiger charge is 2.38. The Morgan fingerprint density at radius 1 is 1.62 bits per heavy atom. The van der Waals surface area contributed by atoms with Gasteiger partial charge in [-0.05, 0) is 37.4 Å². The number of nitrogens with zero attached hydrogens (tertiary/aromatic N) is 1. The molecule has 2 rings (SSSR count). The maximum absolute atomic E-state index is 12.3. The second kappa shape index (κ2) is 4.74. The van der Waals surface area contributed by atoms with Gasteiger partial charge in [0.15, 0.2) is 5.78 Å². The lowest BCUT2D eigenvalue weighted by molar-refractivity contribution is -0.124. The number of nitrogens with one attached hydrogen (secondary N) is 1. The van der Waals surface area contributed by atoms with Crippen LogP contribution in [-0.4, -0.2) is 22.9 Å². The van der Waals surface area contributed by atoms with Crippen molar-refractivity contribution in [2.24, 2.45) is 0 Å². The van der Waals surface area contributed by atoms with Gasteiger partial charge in [-0.2, -0.15) is 0 Å². The Labute approximate surface area is 96.3 Å². The molecule has 2 heterocycles. The van der Waals surface area contributed by atoms with Crippen LogP contribution in [0.2, 0.25) is 0 Å². The van der Waals surface area contributed by atoms with Gasteiger partial charge < -0.3 is 5.32 Å². The van der Waals surface area contributed by atoms with Gasteiger partial charge in [0, 0.05) is 18.8 Å². The molecule has 16 heavy (non-hydrogen) atoms. The topological polar surface area (TPSA) is 42.0 Å². The van der Waals surface area contributed by atoms with E-state index in [9.17, 15) is 4.79 Å². The molecule has 0 saturated carbocycles. The van der Waals surface area contributed by atoms with E-state index in [2.05, 4.69) is 17.2 Å². The average Bonchev–Trinajstić information content (AvgIpc) is 2.80. The molecule has 1 atom stereocenters. The number of pyridine rings is 1. The van der Waals surface area contributed by atoms with E-state index >= 15 is 0 Å². The molecule has 0 aliphatic carbocycles. The first-order valence-electron chi connectivity index (χ1n) is 5.94. The number of Topliss-reactive ketones (excluding diaryl/α,β-unsaturated/α-hetero) is 1. The van der Waals surface area contributed by atoms with Gasteiger partial charge in [0.1, 0.15) is 0 Å². The Kier molecular flexibility index (Phi) is 3.34. The number of rotatable bonds is 4. The first-order valence-corrected chi connectivity index (χ1v) is 5.94. The van der Waals surface area contributed by atoms with Gasteiger partial charge in [-0.15, -0.1) is 0 Å². The van der Waals surface area contributed by atoms with E-state index < -0.39 is 0 Å². The highest BCUT2D eigenvalue weighted by Crippen LogP contribution is 2.25. The molecule has 3 nitrogen and oxygen atoms in total. The molecule has 0 bridgehead atoms. The minimum absolute atomic E-state index is 0.268. The summed E-state index contributed by atoms with van der Waals surface area (Å²) < 4.78 is 0. The summed E-state index contributed by atoms with van der Waals surface area (Å²) >= 11 is 0. The summed E-state index contributed by atoms with van der Waals surface area (Å²) in [4.78, 5) is 16.3. The molecule has 1 N–H and O–H groups in total. The number of carbonyl (C=O) groups excluding carboxylic acids is 1. The smallest absolute Gasteiger partial charge is 0.157 e. The number of ketones is 1. The summed E-state index contributed by atoms with van der Waals surface area (Å²) in [6, 6.07) is 3.84. The fourth-order valence-corrected chi connectivity index (χ4v) is 2.40. The van der Waals surface area contributed by atoms with Gasteiger partial charge in [0.2, 0.25) is 0 Å². The molecule has 1 unspecified atom stereocenters. The highest BCUT2D eigenvalue weighted by atomic mass is 16.1. The minimum Gasteiger partial charge on any atom is -0.305 e. The summed E-state index contributed by atoms with van der Waals surface area (Å²) in [6.07, 6.45) is 6.96. The lowest BCUT2D eigenvalue weighted by Gasteiger charge is -2.26. The summed E-state index contributed by atoms with van der Waals surface area (Å²) in [5.41, 5.74) is 0.740. The van der Waals surface area contributed by atoms with E-state index in [1.54, 1.807) is 12.4 Å². The zero-order valence-electron chi connectivity index (χ0n) is 9.70. The number of hydrogen-bond donors (Lipinski definition) is 1. The molecule has 86 valence electrons. The van der Waals surface area contributed by atoms with Crippen molar-refractivity contribution in [1.82, 2.24) is 10.3 Å². The van der Waals surface area contributed by atoms with E-state index in [1.807, 2.05) is 12.1 Å². The molecule has 0 aromatic carbocycles. The molecule has 1 fully saturated rings. The molecule has 1 aliphatic rings. The molecule has 0 radical (unpaired) electrons. The lowest BCUT2D eigenvalue weighted by Crippen LogP contribution is -2.47. The maximum Gasteiger partial charge on any atom is 0.157 e. The Morgan fingerprint density at radius 2 is 2.50 bits per heavy atom. The minimum atomic E-state index is -0.268. The van der Waals surface area contributed by atoms with Crippen LogP contribution >= 0.6 is 0 Å². The Balaban J connectivity index is 2.07. The number of carbonyl (C=O) groups is 1. The molecular formula is C13H18N2O. The second-order valence-electron chi connectivity index (χ2n) is 4.43. The van der Waals surface area contributed by atoms with Crippen molar-refractivity contribution in [3.8, 4) is 0 Å². The summed E-state index contributed by atoms with van der Waals surface area (Å²) in [7, 11) is 0. The molecular weight excluding hydrogens is 200 g/mol. The first kappa shape index (κ1) is 11.3. The van der Waals surface area contributed by atoms with Crippen molar-refractivity contribution in [3.63, 3.8) is 0 Å². The largest absolute Gasteiger partial charge is 0.305 e. The van der Waals surface area contributed by atoms with E-state index in [-0.39, 0.29) is 5.54 Å². The van der Waals surface area contributed by atoms with E-state index in [4.69, 9.17) is 0 Å². The van der Waals surface area contributed by atoms with E-state index in [0.717, 1.165) is 31.4 Å². The zero-order valence-corrected chi connectivity index (χ0v) is 9.70. The van der Waals surface area contributed by atoms with Gasteiger partial charge >= 0.3 is 0 Å². The molecule has 1 aromatic heterocycles. The van der Waals surface area contributed by atoms with Crippen molar-refractivity contribution >= 4 is 5.78 Å². The van der Waals surface area contributed by atoms with Gasteiger partial charge in [-0.25, -0.2) is 0 Å². The van der Waals surface area contributed by atoms with Crippen LogP contribution in [-0.2, 0) is 11.2 Å². The molecule has 0 amide bonds. The number of aromatic nitrogens is 1. The molecule has 0 spiro atoms. The van der Waals surface area contributed by atoms with Crippen LogP contribution in [0.5, 0.6) is 0 Å². The van der Waals surface area contributed by atoms with Crippen LogP contribution in [0, 0.1) is 0 Å². The third kappa shape index (κ3) is 2.14. The second-order valence-corrected chi connectivity index (χ2v) is 4.43. The lowest BCUT2D eigenvalue weighted by atomic mass is 9.86. The molecule has 1 aliphatic heterocycles. The molecule has 1 aromatic rings. The van der Waals surface area contributed by atoms with Crippen LogP contribution in [0.25, 0.3) is 0 Å². The van der Waals surface area contributed by atoms with Crippen LogP contribution < -0.4 is 5.32 Å². The summed E-state index contributed by atoms with van der Waals surface area (Å²) in [6.45, 7) is 3.05. The van der Waals surface area contributed by atoms with Crippen LogP contribution in [0.4, 0.5) is 0 Å². The van der Waals surface area contributed by atoms with Gasteiger partial charge in [0.05, 0.1) is 5.54 Å². The predicted molar refractivity (Wildman–Crippen MR) is 63.2 cm³/mol. The van der Waals surface area contributed by atoms with Crippen molar-refractivity contribution in [1.29, 1.82) is 0 Å². The average molecular weight is 218 g/mol. The quantitative estimate of drug-likeness (QED) is 0.836. The monoisotopic (exact) mass is 218 g/mol. The standard InChI is InChI=1S/C13H18N2O/c1-2-13(6-4-8-15-13)12(16)9-11-5-3-7-14-10-11/h3,5,7,10,15H,2,4,6,8-9H2,1H3. The van der Waals surface area contributed by atoms with E-state index in [0.29, 0.717) is 12.2 Å². The van der Waals surface area contributed by atoms with Crippen molar-refractivity contribution in [3.05, 3.63) is 30.1 Å². The normalized spacial score (nSPS) is 24.6. The Morgan fingerprint density at radius 3 is 3.06 bits per heavy atom. The van der Waals surface area contributed by atoms with Crippen LogP contribution in [0.3, 0.4) is 0 Å². The number of hydrogen-bond acceptors (Lipinski definition) is 3. The first-order chi connectivity index (χ1) is 7.77. The van der Waals surface area contributed by atoms with Crippen molar-refractivity contribution in [2.75, 3.05) is 6.54 Å². The van der Waals surface area contributed by atoms with Crippen LogP contribution in [0.1, 0.15) is 31.7 Å². The van der Waals surface area contributed by atoms with Crippen molar-refractivity contribution < 1.29 is 4.79 Å². The van der Waals surface area contributed by atoms with Gasteiger partial charge in [0.25, 0.3) is 0 Å². The van der Waals surface area contributed by atoms with Crippen LogP contribution in [0.15, 0.2) is 24.5 Å². The third-order valence-electron chi connectivity index (χ3n) is 3.47. The molecule has 3 heteroatoms. The van der Waals surface area contributed by atoms with E-state index in [1.165, 1.54) is 0 Å². The third-order valence-corrected chi connectivity index (χ3v) is 3.47. The Hall–Kier alpha value is -1.22. The summed E-state index contributed by atoms with van der Waals surface area (Å²) in [5, 5.41) is 3.37. The fourth-order valence-electron chi connectivity index (χ4n) is 2.40. The van der Waals surface area contributed by atoms with Gasteiger partial charge in [-0.1, -0.05) is 13.0 Å². The SMILES string of the molecule is CCC1(C(=O)Cc2cccnc2)CCCN1. The summed E-state index contributed by atoms with van der Waals surface area (Å²) in [5.74, 6) is 0.306. The fraction of sp³-hybridized carbons (Fsp3) is 0.538. The molecule has 1 saturated heterocycles. The zero-order chi connectivity index (χ0) is 11.4.